The summed E-state index contributed by atoms with van der Waals surface area (Å²) in [6.45, 7) is 4.82. The molecule has 0 saturated heterocycles. The minimum Gasteiger partial charge on any atom is -0.398 e. The van der Waals surface area contributed by atoms with Crippen molar-refractivity contribution in [2.75, 3.05) is 5.73 Å². The van der Waals surface area contributed by atoms with Gasteiger partial charge in [-0.3, -0.25) is 4.90 Å². The van der Waals surface area contributed by atoms with Gasteiger partial charge in [-0.2, -0.15) is 5.10 Å². The first-order valence-electron chi connectivity index (χ1n) is 7.72. The number of nitrogens with zero attached hydrogens (tertiary/aromatic N) is 4. The van der Waals surface area contributed by atoms with Crippen molar-refractivity contribution in [3.63, 3.8) is 0 Å². The molecule has 2 N–H and O–H groups in total. The molecule has 0 amide bonds. The Morgan fingerprint density at radius 3 is 2.81 bits per heavy atom. The quantitative estimate of drug-likeness (QED) is 0.794. The topological polar surface area (TPSA) is 60.0 Å². The summed E-state index contributed by atoms with van der Waals surface area (Å²) in [5.74, 6) is 1.05. The molecule has 0 radical (unpaired) electrons. The van der Waals surface area contributed by atoms with Crippen molar-refractivity contribution in [1.29, 1.82) is 0 Å². The number of benzene rings is 1. The lowest BCUT2D eigenvalue weighted by Gasteiger charge is -2.22. The van der Waals surface area contributed by atoms with E-state index in [1.54, 1.807) is 6.33 Å². The number of para-hydroxylation sites is 1. The molecule has 1 heterocycles. The van der Waals surface area contributed by atoms with Crippen molar-refractivity contribution < 1.29 is 0 Å². The van der Waals surface area contributed by atoms with E-state index in [1.165, 1.54) is 18.4 Å². The summed E-state index contributed by atoms with van der Waals surface area (Å²) < 4.78 is 2.02. The van der Waals surface area contributed by atoms with E-state index in [-0.39, 0.29) is 0 Å². The summed E-state index contributed by atoms with van der Waals surface area (Å²) in [7, 11) is 0. The summed E-state index contributed by atoms with van der Waals surface area (Å²) in [6, 6.07) is 8.78. The van der Waals surface area contributed by atoms with Gasteiger partial charge in [0.2, 0.25) is 0 Å². The molecular weight excluding hydrogens is 262 g/mol. The van der Waals surface area contributed by atoms with Gasteiger partial charge in [-0.25, -0.2) is 9.67 Å². The summed E-state index contributed by atoms with van der Waals surface area (Å²) in [4.78, 5) is 6.90. The molecule has 112 valence electrons. The van der Waals surface area contributed by atoms with Crippen molar-refractivity contribution in [3.8, 4) is 0 Å². The molecule has 0 aliphatic heterocycles. The molecule has 0 unspecified atom stereocenters. The highest BCUT2D eigenvalue weighted by atomic mass is 15.4. The molecular formula is C16H23N5. The molecule has 0 bridgehead atoms. The van der Waals surface area contributed by atoms with Crippen LogP contribution < -0.4 is 5.73 Å². The number of nitrogens with two attached hydrogens (primary N) is 1. The van der Waals surface area contributed by atoms with Crippen molar-refractivity contribution in [2.24, 2.45) is 0 Å². The average molecular weight is 285 g/mol. The van der Waals surface area contributed by atoms with Crippen LogP contribution in [-0.4, -0.2) is 25.7 Å². The summed E-state index contributed by atoms with van der Waals surface area (Å²) in [5.41, 5.74) is 8.15. The first-order valence-corrected chi connectivity index (χ1v) is 7.72. The minimum atomic E-state index is 0.663. The fourth-order valence-corrected chi connectivity index (χ4v) is 2.64. The molecule has 2 aromatic rings. The van der Waals surface area contributed by atoms with Crippen molar-refractivity contribution in [1.82, 2.24) is 19.7 Å². The second-order valence-electron chi connectivity index (χ2n) is 5.73. The minimum absolute atomic E-state index is 0.663. The van der Waals surface area contributed by atoms with Gasteiger partial charge in [0.1, 0.15) is 12.2 Å². The molecule has 5 heteroatoms. The van der Waals surface area contributed by atoms with Crippen LogP contribution in [0, 0.1) is 0 Å². The smallest absolute Gasteiger partial charge is 0.141 e. The number of rotatable bonds is 7. The van der Waals surface area contributed by atoms with Crippen LogP contribution in [0.15, 0.2) is 30.6 Å². The number of aromatic nitrogens is 3. The van der Waals surface area contributed by atoms with Crippen LogP contribution in [0.5, 0.6) is 0 Å². The zero-order chi connectivity index (χ0) is 14.7. The first kappa shape index (κ1) is 14.1. The molecule has 1 aliphatic rings. The van der Waals surface area contributed by atoms with Gasteiger partial charge in [0.05, 0.1) is 6.54 Å². The van der Waals surface area contributed by atoms with Gasteiger partial charge < -0.3 is 5.73 Å². The van der Waals surface area contributed by atoms with Crippen molar-refractivity contribution in [3.05, 3.63) is 42.0 Å². The van der Waals surface area contributed by atoms with Crippen LogP contribution in [0.2, 0.25) is 0 Å². The summed E-state index contributed by atoms with van der Waals surface area (Å²) in [5, 5.41) is 4.32. The van der Waals surface area contributed by atoms with E-state index in [0.717, 1.165) is 37.6 Å². The first-order chi connectivity index (χ1) is 10.3. The van der Waals surface area contributed by atoms with Gasteiger partial charge in [0, 0.05) is 24.8 Å². The lowest BCUT2D eigenvalue weighted by Crippen LogP contribution is -2.27. The van der Waals surface area contributed by atoms with Gasteiger partial charge in [-0.15, -0.1) is 0 Å². The zero-order valence-electron chi connectivity index (χ0n) is 12.6. The van der Waals surface area contributed by atoms with Crippen LogP contribution in [0.4, 0.5) is 5.69 Å². The number of hydrogen-bond donors (Lipinski definition) is 1. The second-order valence-corrected chi connectivity index (χ2v) is 5.73. The summed E-state index contributed by atoms with van der Waals surface area (Å²) in [6.07, 6.45) is 5.28. The van der Waals surface area contributed by atoms with Crippen LogP contribution in [0.3, 0.4) is 0 Å². The predicted molar refractivity (Wildman–Crippen MR) is 83.4 cm³/mol. The van der Waals surface area contributed by atoms with Crippen LogP contribution >= 0.6 is 0 Å². The van der Waals surface area contributed by atoms with E-state index in [9.17, 15) is 0 Å². The fraction of sp³-hybridized carbons (Fsp3) is 0.500. The van der Waals surface area contributed by atoms with E-state index in [2.05, 4.69) is 34.0 Å². The van der Waals surface area contributed by atoms with Gasteiger partial charge in [-0.1, -0.05) is 25.1 Å². The Hall–Kier alpha value is -1.88. The highest BCUT2D eigenvalue weighted by molar-refractivity contribution is 5.46. The van der Waals surface area contributed by atoms with Gasteiger partial charge in [-0.05, 0) is 30.9 Å². The van der Waals surface area contributed by atoms with E-state index in [4.69, 9.17) is 5.73 Å². The predicted octanol–water partition coefficient (Wildman–Crippen LogP) is 2.43. The third-order valence-corrected chi connectivity index (χ3v) is 3.97. The normalized spacial score (nSPS) is 14.8. The molecule has 1 aromatic carbocycles. The number of hydrogen-bond acceptors (Lipinski definition) is 4. The van der Waals surface area contributed by atoms with E-state index >= 15 is 0 Å². The Morgan fingerprint density at radius 1 is 1.29 bits per heavy atom. The van der Waals surface area contributed by atoms with E-state index < -0.39 is 0 Å². The third kappa shape index (κ3) is 3.42. The third-order valence-electron chi connectivity index (χ3n) is 3.97. The van der Waals surface area contributed by atoms with E-state index in [1.807, 2.05) is 16.8 Å². The molecule has 1 aliphatic carbocycles. The maximum Gasteiger partial charge on any atom is 0.141 e. The molecule has 5 nitrogen and oxygen atoms in total. The second kappa shape index (κ2) is 6.26. The van der Waals surface area contributed by atoms with Crippen LogP contribution in [-0.2, 0) is 19.6 Å². The number of anilines is 1. The monoisotopic (exact) mass is 285 g/mol. The lowest BCUT2D eigenvalue weighted by molar-refractivity contribution is 0.234. The fourth-order valence-electron chi connectivity index (χ4n) is 2.64. The molecule has 21 heavy (non-hydrogen) atoms. The average Bonchev–Trinajstić information content (AvgIpc) is 3.24. The Balaban J connectivity index is 1.73. The maximum atomic E-state index is 6.08. The van der Waals surface area contributed by atoms with E-state index in [0.29, 0.717) is 6.04 Å². The molecule has 1 fully saturated rings. The van der Waals surface area contributed by atoms with Crippen molar-refractivity contribution in [2.45, 2.75) is 51.9 Å². The molecule has 1 aromatic heterocycles. The lowest BCUT2D eigenvalue weighted by atomic mass is 10.1. The van der Waals surface area contributed by atoms with Gasteiger partial charge in [0.15, 0.2) is 0 Å². The maximum absolute atomic E-state index is 6.08. The van der Waals surface area contributed by atoms with Gasteiger partial charge >= 0.3 is 0 Å². The molecule has 1 saturated carbocycles. The number of nitrogen functional groups attached to an aromatic ring is 1. The molecule has 0 atom stereocenters. The summed E-state index contributed by atoms with van der Waals surface area (Å²) >= 11 is 0. The SMILES string of the molecule is CCCn1ncnc1CN(Cc1ccccc1N)C1CC1. The van der Waals surface area contributed by atoms with Crippen LogP contribution in [0.1, 0.15) is 37.6 Å². The Labute approximate surface area is 125 Å². The molecule has 3 rings (SSSR count). The largest absolute Gasteiger partial charge is 0.398 e. The zero-order valence-corrected chi connectivity index (χ0v) is 12.6. The van der Waals surface area contributed by atoms with Gasteiger partial charge in [0.25, 0.3) is 0 Å². The Kier molecular flexibility index (Phi) is 4.20. The Morgan fingerprint density at radius 2 is 2.10 bits per heavy atom. The van der Waals surface area contributed by atoms with Crippen LogP contribution in [0.25, 0.3) is 0 Å². The van der Waals surface area contributed by atoms with Crippen molar-refractivity contribution >= 4 is 5.69 Å². The highest BCUT2D eigenvalue weighted by Crippen LogP contribution is 2.30. The molecule has 0 spiro atoms. The Bertz CT molecular complexity index is 588. The standard InChI is InChI=1S/C16H23N5/c1-2-9-21-16(18-12-19-21)11-20(14-7-8-14)10-13-5-3-4-6-15(13)17/h3-6,12,14H,2,7-11,17H2,1H3. The number of aryl methyl sites for hydroxylation is 1. The highest BCUT2D eigenvalue weighted by Gasteiger charge is 2.30.